The largest absolute Gasteiger partial charge is 0.309 e. The standard InChI is InChI=1S/C38H22N2S/c1-2-11-23(12-3-1)39-31-18-8-7-16-27(31)29-21-34-30(22-33(29)39)38-37-36-28(17-10-20-35(36)41-38)25-14-5-4-13-24(25)26-15-6-9-19-32(26)40(34)37/h1-22H. The summed E-state index contributed by atoms with van der Waals surface area (Å²) in [6.07, 6.45) is 0. The van der Waals surface area contributed by atoms with Crippen LogP contribution in [-0.2, 0) is 0 Å². The SMILES string of the molecule is c1ccc(-n2c3ccccc3c3cc4c(cc32)c2sc3cccc5c6ccccc6c6ccccc6n4c2c35)cc1. The van der Waals surface area contributed by atoms with Crippen LogP contribution in [0, 0.1) is 0 Å². The minimum absolute atomic E-state index is 1.19. The highest BCUT2D eigenvalue weighted by atomic mass is 32.1. The van der Waals surface area contributed by atoms with Crippen molar-refractivity contribution in [2.75, 3.05) is 0 Å². The zero-order chi connectivity index (χ0) is 26.7. The van der Waals surface area contributed by atoms with Gasteiger partial charge in [0.25, 0.3) is 0 Å². The minimum Gasteiger partial charge on any atom is -0.309 e. The van der Waals surface area contributed by atoms with Crippen LogP contribution < -0.4 is 0 Å². The monoisotopic (exact) mass is 538 g/mol. The van der Waals surface area contributed by atoms with Crippen molar-refractivity contribution in [1.82, 2.24) is 8.97 Å². The zero-order valence-electron chi connectivity index (χ0n) is 22.0. The van der Waals surface area contributed by atoms with Crippen LogP contribution in [0.2, 0.25) is 0 Å². The van der Waals surface area contributed by atoms with Crippen LogP contribution in [-0.4, -0.2) is 8.97 Å². The van der Waals surface area contributed by atoms with Crippen LogP contribution in [0.15, 0.2) is 133 Å². The fourth-order valence-electron chi connectivity index (χ4n) is 7.20. The Morgan fingerprint density at radius 2 is 1.02 bits per heavy atom. The maximum atomic E-state index is 2.55. The molecule has 0 aliphatic carbocycles. The molecule has 0 spiro atoms. The number of fused-ring (bicyclic) bond motifs is 11. The molecule has 3 heteroatoms. The maximum Gasteiger partial charge on any atom is 0.0734 e. The van der Waals surface area contributed by atoms with Crippen LogP contribution in [0.4, 0.5) is 0 Å². The molecule has 0 aliphatic rings. The second-order valence-corrected chi connectivity index (χ2v) is 12.0. The van der Waals surface area contributed by atoms with E-state index in [2.05, 4.69) is 142 Å². The topological polar surface area (TPSA) is 9.34 Å². The lowest BCUT2D eigenvalue weighted by Gasteiger charge is -2.10. The summed E-state index contributed by atoms with van der Waals surface area (Å²) >= 11 is 1.92. The third-order valence-electron chi connectivity index (χ3n) is 8.86. The second-order valence-electron chi connectivity index (χ2n) is 10.9. The Hall–Kier alpha value is -5.12. The molecule has 0 fully saturated rings. The van der Waals surface area contributed by atoms with Gasteiger partial charge in [0.1, 0.15) is 0 Å². The fourth-order valence-corrected chi connectivity index (χ4v) is 8.44. The number of para-hydroxylation sites is 3. The summed E-state index contributed by atoms with van der Waals surface area (Å²) in [5.74, 6) is 0. The van der Waals surface area contributed by atoms with Crippen LogP contribution in [0.1, 0.15) is 0 Å². The Balaban J connectivity index is 1.54. The van der Waals surface area contributed by atoms with Crippen molar-refractivity contribution in [1.29, 1.82) is 0 Å². The molecule has 0 amide bonds. The first-order valence-electron chi connectivity index (χ1n) is 14.0. The molecule has 10 rings (SSSR count). The van der Waals surface area contributed by atoms with Gasteiger partial charge >= 0.3 is 0 Å². The summed E-state index contributed by atoms with van der Waals surface area (Å²) in [6, 6.07) is 49.1. The summed E-state index contributed by atoms with van der Waals surface area (Å²) in [5.41, 5.74) is 7.48. The lowest BCUT2D eigenvalue weighted by atomic mass is 10.0. The summed E-state index contributed by atoms with van der Waals surface area (Å²) < 4.78 is 7.66. The molecule has 41 heavy (non-hydrogen) atoms. The lowest BCUT2D eigenvalue weighted by Crippen LogP contribution is -1.93. The van der Waals surface area contributed by atoms with Crippen molar-refractivity contribution in [2.45, 2.75) is 0 Å². The Bertz CT molecular complexity index is 2690. The summed E-state index contributed by atoms with van der Waals surface area (Å²) in [6.45, 7) is 0. The second kappa shape index (κ2) is 7.75. The van der Waals surface area contributed by atoms with E-state index in [-0.39, 0.29) is 0 Å². The molecule has 10 aromatic rings. The normalized spacial score (nSPS) is 12.4. The predicted octanol–water partition coefficient (Wildman–Crippen LogP) is 10.9. The third kappa shape index (κ3) is 2.71. The van der Waals surface area contributed by atoms with Crippen molar-refractivity contribution in [3.05, 3.63) is 133 Å². The number of rotatable bonds is 1. The molecule has 0 bridgehead atoms. The van der Waals surface area contributed by atoms with Gasteiger partial charge in [0.05, 0.1) is 32.3 Å². The summed E-state index contributed by atoms with van der Waals surface area (Å²) in [7, 11) is 0. The quantitative estimate of drug-likeness (QED) is 0.197. The molecular formula is C38H22N2S. The first-order valence-corrected chi connectivity index (χ1v) is 14.9. The number of thiophene rings is 1. The number of nitrogens with zero attached hydrogens (tertiary/aromatic N) is 2. The van der Waals surface area contributed by atoms with E-state index in [1.54, 1.807) is 0 Å². The minimum atomic E-state index is 1.19. The van der Waals surface area contributed by atoms with Gasteiger partial charge < -0.3 is 8.97 Å². The molecular weight excluding hydrogens is 516 g/mol. The third-order valence-corrected chi connectivity index (χ3v) is 10.0. The van der Waals surface area contributed by atoms with E-state index in [0.29, 0.717) is 0 Å². The molecule has 6 aromatic carbocycles. The smallest absolute Gasteiger partial charge is 0.0734 e. The maximum absolute atomic E-state index is 2.55. The Morgan fingerprint density at radius 3 is 1.83 bits per heavy atom. The van der Waals surface area contributed by atoms with Gasteiger partial charge in [-0.2, -0.15) is 0 Å². The molecule has 0 atom stereocenters. The number of aromatic nitrogens is 2. The molecule has 2 nitrogen and oxygen atoms in total. The van der Waals surface area contributed by atoms with E-state index in [1.165, 1.54) is 85.8 Å². The van der Waals surface area contributed by atoms with Crippen molar-refractivity contribution >= 4 is 91.4 Å². The summed E-state index contributed by atoms with van der Waals surface area (Å²) in [4.78, 5) is 0. The van der Waals surface area contributed by atoms with Crippen molar-refractivity contribution in [3.63, 3.8) is 0 Å². The first-order chi connectivity index (χ1) is 20.4. The van der Waals surface area contributed by atoms with Crippen LogP contribution in [0.25, 0.3) is 85.8 Å². The Morgan fingerprint density at radius 1 is 0.415 bits per heavy atom. The number of hydrogen-bond donors (Lipinski definition) is 0. The van der Waals surface area contributed by atoms with Gasteiger partial charge in [0.15, 0.2) is 0 Å². The molecule has 0 saturated carbocycles. The van der Waals surface area contributed by atoms with Gasteiger partial charge in [-0.1, -0.05) is 91.0 Å². The molecule has 0 saturated heterocycles. The van der Waals surface area contributed by atoms with Crippen molar-refractivity contribution in [2.24, 2.45) is 0 Å². The van der Waals surface area contributed by atoms with Crippen molar-refractivity contribution in [3.8, 4) is 5.69 Å². The van der Waals surface area contributed by atoms with Gasteiger partial charge in [-0.25, -0.2) is 0 Å². The molecule has 0 unspecified atom stereocenters. The van der Waals surface area contributed by atoms with Gasteiger partial charge in [0, 0.05) is 37.3 Å². The van der Waals surface area contributed by atoms with E-state index < -0.39 is 0 Å². The van der Waals surface area contributed by atoms with Gasteiger partial charge in [-0.15, -0.1) is 11.3 Å². The lowest BCUT2D eigenvalue weighted by molar-refractivity contribution is 1.18. The molecule has 0 N–H and O–H groups in total. The van der Waals surface area contributed by atoms with Gasteiger partial charge in [-0.05, 0) is 58.6 Å². The molecule has 4 aromatic heterocycles. The molecule has 4 heterocycles. The van der Waals surface area contributed by atoms with E-state index >= 15 is 0 Å². The predicted molar refractivity (Wildman–Crippen MR) is 177 cm³/mol. The van der Waals surface area contributed by atoms with Crippen LogP contribution in [0.3, 0.4) is 0 Å². The molecule has 0 aliphatic heterocycles. The van der Waals surface area contributed by atoms with E-state index in [9.17, 15) is 0 Å². The fraction of sp³-hybridized carbons (Fsp3) is 0. The van der Waals surface area contributed by atoms with Crippen LogP contribution in [0.5, 0.6) is 0 Å². The number of hydrogen-bond acceptors (Lipinski definition) is 1. The van der Waals surface area contributed by atoms with Crippen LogP contribution >= 0.6 is 11.3 Å². The van der Waals surface area contributed by atoms with E-state index in [4.69, 9.17) is 0 Å². The van der Waals surface area contributed by atoms with Crippen molar-refractivity contribution < 1.29 is 0 Å². The first kappa shape index (κ1) is 21.7. The average molecular weight is 539 g/mol. The molecule has 190 valence electrons. The number of benzene rings is 6. The highest BCUT2D eigenvalue weighted by Crippen LogP contribution is 2.47. The average Bonchev–Trinajstić information content (AvgIpc) is 3.66. The van der Waals surface area contributed by atoms with Gasteiger partial charge in [-0.3, -0.25) is 0 Å². The Labute approximate surface area is 238 Å². The highest BCUT2D eigenvalue weighted by Gasteiger charge is 2.21. The van der Waals surface area contributed by atoms with E-state index in [1.807, 2.05) is 11.3 Å². The zero-order valence-corrected chi connectivity index (χ0v) is 22.8. The van der Waals surface area contributed by atoms with E-state index in [0.717, 1.165) is 0 Å². The highest BCUT2D eigenvalue weighted by molar-refractivity contribution is 7.27. The Kier molecular flexibility index (Phi) is 4.10. The summed E-state index contributed by atoms with van der Waals surface area (Å²) in [5, 5.41) is 10.4. The van der Waals surface area contributed by atoms with Gasteiger partial charge in [0.2, 0.25) is 0 Å². The molecule has 0 radical (unpaired) electrons.